The molecule has 3 heterocycles. The van der Waals surface area contributed by atoms with Gasteiger partial charge in [-0.2, -0.15) is 0 Å². The van der Waals surface area contributed by atoms with Crippen molar-refractivity contribution in [3.05, 3.63) is 84.3 Å². The Morgan fingerprint density at radius 1 is 0.875 bits per heavy atom. The van der Waals surface area contributed by atoms with Gasteiger partial charge in [-0.25, -0.2) is 0 Å². The monoisotopic (exact) mass is 431 g/mol. The predicted octanol–water partition coefficient (Wildman–Crippen LogP) is 3.20. The summed E-state index contributed by atoms with van der Waals surface area (Å²) >= 11 is 0. The highest BCUT2D eigenvalue weighted by Gasteiger charge is 2.34. The number of ether oxygens (including phenoxy) is 1. The van der Waals surface area contributed by atoms with Crippen LogP contribution < -0.4 is 9.64 Å². The van der Waals surface area contributed by atoms with Gasteiger partial charge in [-0.15, -0.1) is 0 Å². The van der Waals surface area contributed by atoms with Crippen LogP contribution in [0, 0.1) is 0 Å². The van der Waals surface area contributed by atoms with Gasteiger partial charge in [-0.05, 0) is 29.8 Å². The van der Waals surface area contributed by atoms with E-state index >= 15 is 0 Å². The Hall–Kier alpha value is -3.58. The maximum atomic E-state index is 13.5. The van der Waals surface area contributed by atoms with E-state index < -0.39 is 0 Å². The fourth-order valence-electron chi connectivity index (χ4n) is 4.35. The highest BCUT2D eigenvalue weighted by molar-refractivity contribution is 5.97. The number of nitrogens with zero attached hydrogens (tertiary/aromatic N) is 3. The molecule has 2 aromatic carbocycles. The number of anilines is 1. The number of amides is 2. The normalized spacial score (nSPS) is 18.7. The van der Waals surface area contributed by atoms with Crippen molar-refractivity contribution >= 4 is 17.5 Å². The molecule has 1 saturated heterocycles. The highest BCUT2D eigenvalue weighted by Crippen LogP contribution is 2.39. The third kappa shape index (κ3) is 3.99. The Labute approximate surface area is 186 Å². The van der Waals surface area contributed by atoms with Gasteiger partial charge in [-0.3, -0.25) is 19.4 Å². The van der Waals surface area contributed by atoms with Gasteiger partial charge < -0.3 is 14.1 Å². The molecule has 1 fully saturated rings. The van der Waals surface area contributed by atoms with E-state index in [2.05, 4.69) is 4.90 Å². The Morgan fingerprint density at radius 2 is 1.62 bits per heavy atom. The van der Waals surface area contributed by atoms with Crippen molar-refractivity contribution in [1.82, 2.24) is 9.80 Å². The second-order valence-corrected chi connectivity index (χ2v) is 8.01. The van der Waals surface area contributed by atoms with E-state index in [4.69, 9.17) is 9.15 Å². The summed E-state index contributed by atoms with van der Waals surface area (Å²) in [7, 11) is 0. The minimum absolute atomic E-state index is 0.0282. The molecule has 1 aromatic heterocycles. The fraction of sp³-hybridized carbons (Fsp3) is 0.280. The highest BCUT2D eigenvalue weighted by atomic mass is 16.5. The van der Waals surface area contributed by atoms with Crippen LogP contribution in [0.5, 0.6) is 5.75 Å². The number of piperazine rings is 1. The first-order chi connectivity index (χ1) is 15.7. The molecule has 0 radical (unpaired) electrons. The minimum atomic E-state index is -0.180. The van der Waals surface area contributed by atoms with E-state index in [0.717, 1.165) is 17.0 Å². The van der Waals surface area contributed by atoms with E-state index in [0.29, 0.717) is 45.1 Å². The lowest BCUT2D eigenvalue weighted by atomic mass is 10.0. The summed E-state index contributed by atoms with van der Waals surface area (Å²) in [6, 6.07) is 20.9. The first-order valence-electron chi connectivity index (χ1n) is 10.8. The second-order valence-electron chi connectivity index (χ2n) is 8.01. The average molecular weight is 431 g/mol. The molecular weight excluding hydrogens is 406 g/mol. The molecule has 164 valence electrons. The quantitative estimate of drug-likeness (QED) is 0.635. The van der Waals surface area contributed by atoms with Gasteiger partial charge in [0.05, 0.1) is 24.5 Å². The van der Waals surface area contributed by atoms with Crippen molar-refractivity contribution in [1.29, 1.82) is 0 Å². The zero-order chi connectivity index (χ0) is 21.9. The largest absolute Gasteiger partial charge is 0.489 e. The summed E-state index contributed by atoms with van der Waals surface area (Å²) in [6.07, 6.45) is 1.51. The number of para-hydroxylation sites is 2. The topological polar surface area (TPSA) is 66.2 Å². The van der Waals surface area contributed by atoms with E-state index in [1.807, 2.05) is 59.5 Å². The second kappa shape index (κ2) is 8.88. The Bertz CT molecular complexity index is 1080. The number of fused-ring (bicyclic) bond motifs is 1. The number of hydrogen-bond acceptors (Lipinski definition) is 5. The lowest BCUT2D eigenvalue weighted by Crippen LogP contribution is -2.52. The molecule has 7 heteroatoms. The van der Waals surface area contributed by atoms with Gasteiger partial charge in [0.15, 0.2) is 5.76 Å². The van der Waals surface area contributed by atoms with E-state index in [9.17, 15) is 9.59 Å². The lowest BCUT2D eigenvalue weighted by molar-refractivity contribution is -0.121. The molecule has 0 saturated carbocycles. The third-order valence-electron chi connectivity index (χ3n) is 6.04. The number of carbonyl (C=O) groups excluding carboxylic acids is 2. The summed E-state index contributed by atoms with van der Waals surface area (Å²) in [4.78, 5) is 31.8. The van der Waals surface area contributed by atoms with E-state index in [1.54, 1.807) is 17.0 Å². The van der Waals surface area contributed by atoms with E-state index in [1.165, 1.54) is 6.26 Å². The standard InChI is InChI=1S/C25H25N3O4/c29-24(17-26-12-14-27(15-13-26)25(30)23-11-6-16-31-23)28-20-9-4-5-10-22(20)32-18-21(28)19-7-2-1-3-8-19/h1-11,16,21H,12-15,17-18H2. The molecule has 2 amide bonds. The summed E-state index contributed by atoms with van der Waals surface area (Å²) in [5, 5.41) is 0. The number of furan rings is 1. The van der Waals surface area contributed by atoms with Crippen LogP contribution in [0.25, 0.3) is 0 Å². The molecule has 3 aromatic rings. The SMILES string of the molecule is O=C(c1ccco1)N1CCN(CC(=O)N2c3ccccc3OCC2c2ccccc2)CC1. The molecule has 0 N–H and O–H groups in total. The van der Waals surface area contributed by atoms with Crippen LogP contribution in [-0.4, -0.2) is 60.9 Å². The molecule has 5 rings (SSSR count). The van der Waals surface area contributed by atoms with Crippen molar-refractivity contribution < 1.29 is 18.7 Å². The molecule has 1 atom stereocenters. The van der Waals surface area contributed by atoms with Crippen LogP contribution >= 0.6 is 0 Å². The number of rotatable bonds is 4. The maximum absolute atomic E-state index is 13.5. The zero-order valence-electron chi connectivity index (χ0n) is 17.7. The van der Waals surface area contributed by atoms with Crippen LogP contribution in [0.3, 0.4) is 0 Å². The molecule has 1 unspecified atom stereocenters. The Kier molecular flexibility index (Phi) is 5.64. The van der Waals surface area contributed by atoms with Crippen molar-refractivity contribution in [2.45, 2.75) is 6.04 Å². The number of benzene rings is 2. The summed E-state index contributed by atoms with van der Waals surface area (Å²) < 4.78 is 11.2. The van der Waals surface area contributed by atoms with Crippen molar-refractivity contribution in [3.8, 4) is 5.75 Å². The van der Waals surface area contributed by atoms with Gasteiger partial charge in [0, 0.05) is 26.2 Å². The fourth-order valence-corrected chi connectivity index (χ4v) is 4.35. The van der Waals surface area contributed by atoms with Crippen LogP contribution in [-0.2, 0) is 4.79 Å². The number of carbonyl (C=O) groups is 2. The van der Waals surface area contributed by atoms with Crippen molar-refractivity contribution in [2.75, 3.05) is 44.2 Å². The molecule has 2 aliphatic rings. The van der Waals surface area contributed by atoms with Gasteiger partial charge in [0.1, 0.15) is 12.4 Å². The smallest absolute Gasteiger partial charge is 0.289 e. The first kappa shape index (κ1) is 20.3. The molecule has 0 spiro atoms. The van der Waals surface area contributed by atoms with Crippen LogP contribution in [0.15, 0.2) is 77.4 Å². The molecule has 2 aliphatic heterocycles. The maximum Gasteiger partial charge on any atom is 0.289 e. The first-order valence-corrected chi connectivity index (χ1v) is 10.8. The Balaban J connectivity index is 1.30. The predicted molar refractivity (Wildman–Crippen MR) is 120 cm³/mol. The third-order valence-corrected chi connectivity index (χ3v) is 6.04. The van der Waals surface area contributed by atoms with Gasteiger partial charge >= 0.3 is 0 Å². The van der Waals surface area contributed by atoms with Crippen LogP contribution in [0.1, 0.15) is 22.2 Å². The van der Waals surface area contributed by atoms with Gasteiger partial charge in [-0.1, -0.05) is 42.5 Å². The number of hydrogen-bond donors (Lipinski definition) is 0. The summed E-state index contributed by atoms with van der Waals surface area (Å²) in [6.45, 7) is 3.11. The van der Waals surface area contributed by atoms with Crippen molar-refractivity contribution in [2.24, 2.45) is 0 Å². The Morgan fingerprint density at radius 3 is 2.38 bits per heavy atom. The summed E-state index contributed by atoms with van der Waals surface area (Å²) in [5.74, 6) is 1.000. The molecule has 32 heavy (non-hydrogen) atoms. The molecule has 0 aliphatic carbocycles. The molecular formula is C25H25N3O4. The summed E-state index contributed by atoms with van der Waals surface area (Å²) in [5.41, 5.74) is 1.84. The minimum Gasteiger partial charge on any atom is -0.489 e. The van der Waals surface area contributed by atoms with Gasteiger partial charge in [0.25, 0.3) is 5.91 Å². The van der Waals surface area contributed by atoms with Crippen LogP contribution in [0.2, 0.25) is 0 Å². The van der Waals surface area contributed by atoms with E-state index in [-0.39, 0.29) is 17.9 Å². The van der Waals surface area contributed by atoms with Gasteiger partial charge in [0.2, 0.25) is 5.91 Å². The van der Waals surface area contributed by atoms with Crippen LogP contribution in [0.4, 0.5) is 5.69 Å². The lowest BCUT2D eigenvalue weighted by Gasteiger charge is -2.39. The molecule has 0 bridgehead atoms. The average Bonchev–Trinajstić information content (AvgIpc) is 3.39. The van der Waals surface area contributed by atoms with Crippen molar-refractivity contribution in [3.63, 3.8) is 0 Å². The zero-order valence-corrected chi connectivity index (χ0v) is 17.7. The molecule has 7 nitrogen and oxygen atoms in total.